The fourth-order valence-electron chi connectivity index (χ4n) is 3.62. The van der Waals surface area contributed by atoms with Crippen LogP contribution in [0.25, 0.3) is 0 Å². The molecule has 0 aromatic heterocycles. The van der Waals surface area contributed by atoms with Gasteiger partial charge in [0.2, 0.25) is 11.8 Å². The van der Waals surface area contributed by atoms with Crippen LogP contribution in [0, 0.1) is 5.92 Å². The Morgan fingerprint density at radius 2 is 1.91 bits per heavy atom. The molecule has 0 aliphatic carbocycles. The molecule has 1 heterocycles. The van der Waals surface area contributed by atoms with Crippen molar-refractivity contribution in [2.45, 2.75) is 13.0 Å². The van der Waals surface area contributed by atoms with Crippen LogP contribution in [0.4, 0.5) is 5.69 Å². The summed E-state index contributed by atoms with van der Waals surface area (Å²) in [5.41, 5.74) is 4.93. The van der Waals surface area contributed by atoms with Crippen molar-refractivity contribution in [2.24, 2.45) is 11.0 Å². The van der Waals surface area contributed by atoms with Crippen LogP contribution in [0.5, 0.6) is 11.5 Å². The van der Waals surface area contributed by atoms with E-state index in [1.54, 1.807) is 36.3 Å². The largest absolute Gasteiger partial charge is 0.497 e. The molecular formula is C26H24ClN3O4. The molecule has 34 heavy (non-hydrogen) atoms. The highest BCUT2D eigenvalue weighted by Crippen LogP contribution is 2.27. The predicted octanol–water partition coefficient (Wildman–Crippen LogP) is 4.43. The highest BCUT2D eigenvalue weighted by molar-refractivity contribution is 6.31. The Bertz CT molecular complexity index is 1200. The van der Waals surface area contributed by atoms with E-state index in [-0.39, 0.29) is 18.2 Å². The van der Waals surface area contributed by atoms with Gasteiger partial charge in [0, 0.05) is 29.2 Å². The SMILES string of the molecule is COc1ccc(N2C[C@@H](C(=O)N/N=C/c3cccc(OCc4ccccc4Cl)c3)CC2=O)cc1. The van der Waals surface area contributed by atoms with Gasteiger partial charge in [-0.2, -0.15) is 5.10 Å². The van der Waals surface area contributed by atoms with Gasteiger partial charge >= 0.3 is 0 Å². The number of halogens is 1. The van der Waals surface area contributed by atoms with E-state index in [9.17, 15) is 9.59 Å². The number of carbonyl (C=O) groups is 2. The van der Waals surface area contributed by atoms with E-state index in [2.05, 4.69) is 10.5 Å². The molecule has 0 bridgehead atoms. The number of ether oxygens (including phenoxy) is 2. The summed E-state index contributed by atoms with van der Waals surface area (Å²) in [6.45, 7) is 0.648. The van der Waals surface area contributed by atoms with Crippen LogP contribution in [0.2, 0.25) is 5.02 Å². The van der Waals surface area contributed by atoms with Crippen molar-refractivity contribution in [3.05, 3.63) is 88.9 Å². The standard InChI is InChI=1S/C26H24ClN3O4/c1-33-22-11-9-21(10-12-22)30-16-20(14-25(30)31)26(32)29-28-15-18-5-4-7-23(13-18)34-17-19-6-2-3-8-24(19)27/h2-13,15,20H,14,16-17H2,1H3,(H,29,32)/b28-15+/t20-/m0/s1. The van der Waals surface area contributed by atoms with Gasteiger partial charge in [-0.1, -0.05) is 41.9 Å². The second kappa shape index (κ2) is 10.9. The number of nitrogens with one attached hydrogen (secondary N) is 1. The Hall–Kier alpha value is -3.84. The van der Waals surface area contributed by atoms with E-state index >= 15 is 0 Å². The molecule has 8 heteroatoms. The van der Waals surface area contributed by atoms with Gasteiger partial charge in [0.15, 0.2) is 0 Å². The number of amides is 2. The molecule has 3 aromatic carbocycles. The lowest BCUT2D eigenvalue weighted by Crippen LogP contribution is -2.30. The van der Waals surface area contributed by atoms with Crippen molar-refractivity contribution < 1.29 is 19.1 Å². The van der Waals surface area contributed by atoms with Gasteiger partial charge < -0.3 is 14.4 Å². The zero-order valence-corrected chi connectivity index (χ0v) is 19.4. The third kappa shape index (κ3) is 5.74. The minimum Gasteiger partial charge on any atom is -0.497 e. The smallest absolute Gasteiger partial charge is 0.245 e. The lowest BCUT2D eigenvalue weighted by molar-refractivity contribution is -0.126. The summed E-state index contributed by atoms with van der Waals surface area (Å²) >= 11 is 6.17. The summed E-state index contributed by atoms with van der Waals surface area (Å²) in [5, 5.41) is 4.71. The molecule has 0 radical (unpaired) electrons. The number of rotatable bonds is 8. The first kappa shape index (κ1) is 23.3. The first-order valence-electron chi connectivity index (χ1n) is 10.8. The van der Waals surface area contributed by atoms with Crippen LogP contribution in [0.3, 0.4) is 0 Å². The van der Waals surface area contributed by atoms with Crippen molar-refractivity contribution >= 4 is 35.3 Å². The summed E-state index contributed by atoms with van der Waals surface area (Å²) in [6, 6.07) is 22.0. The summed E-state index contributed by atoms with van der Waals surface area (Å²) in [7, 11) is 1.58. The van der Waals surface area contributed by atoms with Crippen LogP contribution >= 0.6 is 11.6 Å². The quantitative estimate of drug-likeness (QED) is 0.384. The zero-order chi connectivity index (χ0) is 23.9. The number of nitrogens with zero attached hydrogens (tertiary/aromatic N) is 2. The van der Waals surface area contributed by atoms with Gasteiger partial charge in [0.25, 0.3) is 0 Å². The van der Waals surface area contributed by atoms with Crippen molar-refractivity contribution in [2.75, 3.05) is 18.6 Å². The fraction of sp³-hybridized carbons (Fsp3) is 0.192. The van der Waals surface area contributed by atoms with Crippen LogP contribution in [-0.4, -0.2) is 31.7 Å². The number of benzene rings is 3. The van der Waals surface area contributed by atoms with E-state index in [0.717, 1.165) is 16.8 Å². The molecule has 1 aliphatic rings. The van der Waals surface area contributed by atoms with Gasteiger partial charge in [0.1, 0.15) is 18.1 Å². The molecule has 4 rings (SSSR count). The summed E-state index contributed by atoms with van der Waals surface area (Å²) in [4.78, 5) is 26.6. The molecule has 0 unspecified atom stereocenters. The van der Waals surface area contributed by atoms with E-state index in [0.29, 0.717) is 29.7 Å². The maximum atomic E-state index is 12.6. The molecule has 1 aliphatic heterocycles. The molecule has 0 spiro atoms. The topological polar surface area (TPSA) is 80.2 Å². The molecule has 174 valence electrons. The van der Waals surface area contributed by atoms with Crippen molar-refractivity contribution in [1.29, 1.82) is 0 Å². The summed E-state index contributed by atoms with van der Waals surface area (Å²) < 4.78 is 11.0. The fourth-order valence-corrected chi connectivity index (χ4v) is 3.81. The molecule has 3 aromatic rings. The van der Waals surface area contributed by atoms with Crippen molar-refractivity contribution in [1.82, 2.24) is 5.43 Å². The number of hydrogen-bond acceptors (Lipinski definition) is 5. The average molecular weight is 478 g/mol. The first-order chi connectivity index (χ1) is 16.5. The second-order valence-corrected chi connectivity index (χ2v) is 8.20. The zero-order valence-electron chi connectivity index (χ0n) is 18.6. The average Bonchev–Trinajstić information content (AvgIpc) is 3.25. The van der Waals surface area contributed by atoms with E-state index < -0.39 is 5.92 Å². The Kier molecular flexibility index (Phi) is 7.44. The maximum Gasteiger partial charge on any atom is 0.245 e. The number of hydrogen-bond donors (Lipinski definition) is 1. The molecule has 1 saturated heterocycles. The Morgan fingerprint density at radius 3 is 2.68 bits per heavy atom. The minimum absolute atomic E-state index is 0.0994. The highest BCUT2D eigenvalue weighted by atomic mass is 35.5. The van der Waals surface area contributed by atoms with Crippen molar-refractivity contribution in [3.63, 3.8) is 0 Å². The predicted molar refractivity (Wildman–Crippen MR) is 131 cm³/mol. The Labute approximate surface area is 202 Å². The van der Waals surface area contributed by atoms with E-state index in [1.165, 1.54) is 6.21 Å². The lowest BCUT2D eigenvalue weighted by atomic mass is 10.1. The first-order valence-corrected chi connectivity index (χ1v) is 11.1. The summed E-state index contributed by atoms with van der Waals surface area (Å²) in [5.74, 6) is 0.491. The molecule has 7 nitrogen and oxygen atoms in total. The third-order valence-electron chi connectivity index (χ3n) is 5.48. The third-order valence-corrected chi connectivity index (χ3v) is 5.85. The molecule has 1 N–H and O–H groups in total. The van der Waals surface area contributed by atoms with Crippen molar-refractivity contribution in [3.8, 4) is 11.5 Å². The Balaban J connectivity index is 1.31. The van der Waals surface area contributed by atoms with E-state index in [4.69, 9.17) is 21.1 Å². The minimum atomic E-state index is -0.475. The number of carbonyl (C=O) groups excluding carboxylic acids is 2. The second-order valence-electron chi connectivity index (χ2n) is 7.79. The van der Waals surface area contributed by atoms with Crippen LogP contribution in [0.1, 0.15) is 17.5 Å². The summed E-state index contributed by atoms with van der Waals surface area (Å²) in [6.07, 6.45) is 1.68. The maximum absolute atomic E-state index is 12.6. The van der Waals surface area contributed by atoms with Gasteiger partial charge in [-0.05, 0) is 48.0 Å². The van der Waals surface area contributed by atoms with Crippen LogP contribution in [0.15, 0.2) is 77.9 Å². The number of hydrazone groups is 1. The molecule has 2 amide bonds. The molecule has 0 saturated carbocycles. The molecule has 1 atom stereocenters. The number of methoxy groups -OCH3 is 1. The molecule has 1 fully saturated rings. The van der Waals surface area contributed by atoms with Gasteiger partial charge in [0.05, 0.1) is 19.2 Å². The Morgan fingerprint density at radius 1 is 1.12 bits per heavy atom. The van der Waals surface area contributed by atoms with Gasteiger partial charge in [-0.15, -0.1) is 0 Å². The number of anilines is 1. The van der Waals surface area contributed by atoms with Crippen LogP contribution in [-0.2, 0) is 16.2 Å². The normalized spacial score (nSPS) is 15.5. The monoisotopic (exact) mass is 477 g/mol. The van der Waals surface area contributed by atoms with Gasteiger partial charge in [-0.25, -0.2) is 5.43 Å². The van der Waals surface area contributed by atoms with Crippen LogP contribution < -0.4 is 19.8 Å². The molecular weight excluding hydrogens is 454 g/mol. The van der Waals surface area contributed by atoms with E-state index in [1.807, 2.05) is 48.5 Å². The van der Waals surface area contributed by atoms with Gasteiger partial charge in [-0.3, -0.25) is 9.59 Å². The highest BCUT2D eigenvalue weighted by Gasteiger charge is 2.35. The lowest BCUT2D eigenvalue weighted by Gasteiger charge is -2.16.